The maximum atomic E-state index is 9.41. The molecule has 1 aromatic heterocycles. The van der Waals surface area contributed by atoms with E-state index in [1.165, 1.54) is 23.9 Å². The summed E-state index contributed by atoms with van der Waals surface area (Å²) < 4.78 is 0. The molecule has 2 heterocycles. The number of rotatable bonds is 2. The minimum absolute atomic E-state index is 0.00783. The van der Waals surface area contributed by atoms with Crippen molar-refractivity contribution in [3.8, 4) is 0 Å². The zero-order valence-electron chi connectivity index (χ0n) is 11.6. The number of pyridine rings is 1. The highest BCUT2D eigenvalue weighted by Crippen LogP contribution is 2.37. The zero-order chi connectivity index (χ0) is 13.5. The Hall–Kier alpha value is -1.61. The molecule has 1 saturated heterocycles. The minimum atomic E-state index is -0.00783. The van der Waals surface area contributed by atoms with E-state index in [1.807, 2.05) is 18.2 Å². The van der Waals surface area contributed by atoms with Gasteiger partial charge >= 0.3 is 0 Å². The number of fused-ring (bicyclic) bond motifs is 1. The predicted molar refractivity (Wildman–Crippen MR) is 78.3 cm³/mol. The molecule has 2 aromatic rings. The van der Waals surface area contributed by atoms with Crippen molar-refractivity contribution in [1.82, 2.24) is 4.98 Å². The van der Waals surface area contributed by atoms with E-state index in [1.54, 1.807) is 0 Å². The van der Waals surface area contributed by atoms with E-state index in [-0.39, 0.29) is 12.1 Å². The molecule has 0 bridgehead atoms. The van der Waals surface area contributed by atoms with Crippen molar-refractivity contribution in [3.63, 3.8) is 0 Å². The van der Waals surface area contributed by atoms with Gasteiger partial charge < -0.3 is 10.0 Å². The van der Waals surface area contributed by atoms with Crippen LogP contribution in [0.25, 0.3) is 10.9 Å². The second-order valence-corrected chi connectivity index (χ2v) is 5.88. The van der Waals surface area contributed by atoms with Gasteiger partial charge in [0.25, 0.3) is 0 Å². The molecule has 100 valence electrons. The Morgan fingerprint density at radius 2 is 2.11 bits per heavy atom. The van der Waals surface area contributed by atoms with Gasteiger partial charge in [0.05, 0.1) is 17.8 Å². The van der Waals surface area contributed by atoms with Crippen LogP contribution >= 0.6 is 0 Å². The normalized spacial score (nSPS) is 18.2. The van der Waals surface area contributed by atoms with Gasteiger partial charge in [-0.2, -0.15) is 0 Å². The number of anilines is 1. The fraction of sp³-hybridized carbons (Fsp3) is 0.438. The Labute approximate surface area is 113 Å². The Morgan fingerprint density at radius 3 is 2.79 bits per heavy atom. The Morgan fingerprint density at radius 1 is 1.32 bits per heavy atom. The maximum absolute atomic E-state index is 9.41. The van der Waals surface area contributed by atoms with Crippen LogP contribution in [0.1, 0.15) is 32.4 Å². The molecule has 1 N–H and O–H groups in total. The number of nitrogens with zero attached hydrogens (tertiary/aromatic N) is 2. The van der Waals surface area contributed by atoms with Gasteiger partial charge in [-0.25, -0.2) is 0 Å². The fourth-order valence-electron chi connectivity index (χ4n) is 3.07. The van der Waals surface area contributed by atoms with Crippen LogP contribution in [-0.2, 0) is 6.61 Å². The van der Waals surface area contributed by atoms with E-state index in [9.17, 15) is 5.11 Å². The van der Waals surface area contributed by atoms with Crippen LogP contribution in [0.15, 0.2) is 30.3 Å². The first kappa shape index (κ1) is 12.4. The van der Waals surface area contributed by atoms with Gasteiger partial charge in [-0.05, 0) is 38.8 Å². The lowest BCUT2D eigenvalue weighted by atomic mass is 10.0. The molecule has 3 rings (SSSR count). The Balaban J connectivity index is 2.21. The first-order valence-corrected chi connectivity index (χ1v) is 6.89. The number of para-hydroxylation sites is 1. The number of benzene rings is 1. The third kappa shape index (κ3) is 2.08. The molecule has 0 aliphatic carbocycles. The molecular weight excluding hydrogens is 236 g/mol. The molecular formula is C16H20N2O. The van der Waals surface area contributed by atoms with Gasteiger partial charge in [0, 0.05) is 23.2 Å². The highest BCUT2D eigenvalue weighted by molar-refractivity contribution is 5.92. The monoisotopic (exact) mass is 256 g/mol. The molecule has 0 spiro atoms. The van der Waals surface area contributed by atoms with Crippen LogP contribution in [0, 0.1) is 0 Å². The molecule has 1 fully saturated rings. The van der Waals surface area contributed by atoms with Gasteiger partial charge in [0.1, 0.15) is 0 Å². The largest absolute Gasteiger partial charge is 0.390 e. The van der Waals surface area contributed by atoms with E-state index in [4.69, 9.17) is 0 Å². The van der Waals surface area contributed by atoms with Crippen molar-refractivity contribution < 1.29 is 5.11 Å². The van der Waals surface area contributed by atoms with Gasteiger partial charge in [-0.1, -0.05) is 18.2 Å². The SMILES string of the molecule is CC1(C)CCCN1c1cc(CO)nc2ccccc12. The van der Waals surface area contributed by atoms with Crippen molar-refractivity contribution in [2.45, 2.75) is 38.8 Å². The van der Waals surface area contributed by atoms with Crippen molar-refractivity contribution >= 4 is 16.6 Å². The lowest BCUT2D eigenvalue weighted by molar-refractivity contribution is 0.277. The predicted octanol–water partition coefficient (Wildman–Crippen LogP) is 3.11. The van der Waals surface area contributed by atoms with E-state index in [0.29, 0.717) is 0 Å². The summed E-state index contributed by atoms with van der Waals surface area (Å²) in [4.78, 5) is 6.95. The Bertz CT molecular complexity index is 607. The molecule has 1 aliphatic rings. The number of hydrogen-bond acceptors (Lipinski definition) is 3. The first-order chi connectivity index (χ1) is 9.12. The average Bonchev–Trinajstić information content (AvgIpc) is 2.77. The smallest absolute Gasteiger partial charge is 0.0854 e. The molecule has 0 amide bonds. The van der Waals surface area contributed by atoms with E-state index in [2.05, 4.69) is 35.9 Å². The van der Waals surface area contributed by atoms with E-state index >= 15 is 0 Å². The van der Waals surface area contributed by atoms with Gasteiger partial charge in [-0.15, -0.1) is 0 Å². The second-order valence-electron chi connectivity index (χ2n) is 5.88. The molecule has 19 heavy (non-hydrogen) atoms. The third-order valence-electron chi connectivity index (χ3n) is 4.10. The van der Waals surface area contributed by atoms with Crippen LogP contribution in [0.5, 0.6) is 0 Å². The molecule has 1 aromatic carbocycles. The molecule has 0 unspecified atom stereocenters. The summed E-state index contributed by atoms with van der Waals surface area (Å²) in [6, 6.07) is 10.2. The van der Waals surface area contributed by atoms with Crippen molar-refractivity contribution in [2.24, 2.45) is 0 Å². The molecule has 3 nitrogen and oxygen atoms in total. The molecule has 0 saturated carbocycles. The van der Waals surface area contributed by atoms with Crippen LogP contribution in [0.2, 0.25) is 0 Å². The number of hydrogen-bond donors (Lipinski definition) is 1. The van der Waals surface area contributed by atoms with Crippen LogP contribution in [0.4, 0.5) is 5.69 Å². The second kappa shape index (κ2) is 4.49. The summed E-state index contributed by atoms with van der Waals surface area (Å²) in [6.45, 7) is 5.64. The highest BCUT2D eigenvalue weighted by Gasteiger charge is 2.33. The first-order valence-electron chi connectivity index (χ1n) is 6.89. The molecule has 0 atom stereocenters. The summed E-state index contributed by atoms with van der Waals surface area (Å²) >= 11 is 0. The number of aliphatic hydroxyl groups excluding tert-OH is 1. The third-order valence-corrected chi connectivity index (χ3v) is 4.10. The lowest BCUT2D eigenvalue weighted by Gasteiger charge is -2.34. The Kier molecular flexibility index (Phi) is 2.94. The number of aromatic nitrogens is 1. The van der Waals surface area contributed by atoms with Gasteiger partial charge in [0.2, 0.25) is 0 Å². The topological polar surface area (TPSA) is 36.4 Å². The van der Waals surface area contributed by atoms with Gasteiger partial charge in [0.15, 0.2) is 0 Å². The summed E-state index contributed by atoms with van der Waals surface area (Å²) in [7, 11) is 0. The lowest BCUT2D eigenvalue weighted by Crippen LogP contribution is -2.38. The zero-order valence-corrected chi connectivity index (χ0v) is 11.6. The van der Waals surface area contributed by atoms with Crippen LogP contribution < -0.4 is 4.90 Å². The highest BCUT2D eigenvalue weighted by atomic mass is 16.3. The van der Waals surface area contributed by atoms with E-state index in [0.717, 1.165) is 17.8 Å². The average molecular weight is 256 g/mol. The fourth-order valence-corrected chi connectivity index (χ4v) is 3.07. The number of aliphatic hydroxyl groups is 1. The maximum Gasteiger partial charge on any atom is 0.0854 e. The van der Waals surface area contributed by atoms with Gasteiger partial charge in [-0.3, -0.25) is 4.98 Å². The summed E-state index contributed by atoms with van der Waals surface area (Å²) in [5, 5.41) is 10.6. The van der Waals surface area contributed by atoms with Crippen molar-refractivity contribution in [1.29, 1.82) is 0 Å². The standard InChI is InChI=1S/C16H20N2O/c1-16(2)8-5-9-18(16)15-10-12(11-19)17-14-7-4-3-6-13(14)15/h3-4,6-7,10,19H,5,8-9,11H2,1-2H3. The van der Waals surface area contributed by atoms with Crippen molar-refractivity contribution in [3.05, 3.63) is 36.0 Å². The molecule has 1 aliphatic heterocycles. The molecule has 3 heteroatoms. The summed E-state index contributed by atoms with van der Waals surface area (Å²) in [5.41, 5.74) is 3.09. The molecule has 0 radical (unpaired) electrons. The van der Waals surface area contributed by atoms with Crippen LogP contribution in [0.3, 0.4) is 0 Å². The van der Waals surface area contributed by atoms with Crippen molar-refractivity contribution in [2.75, 3.05) is 11.4 Å². The summed E-state index contributed by atoms with van der Waals surface area (Å²) in [5.74, 6) is 0. The summed E-state index contributed by atoms with van der Waals surface area (Å²) in [6.07, 6.45) is 2.43. The minimum Gasteiger partial charge on any atom is -0.390 e. The quantitative estimate of drug-likeness (QED) is 0.897. The van der Waals surface area contributed by atoms with E-state index < -0.39 is 0 Å². The van der Waals surface area contributed by atoms with Crippen LogP contribution in [-0.4, -0.2) is 22.2 Å².